The topological polar surface area (TPSA) is 12.0 Å². The molecule has 0 heterocycles. The maximum atomic E-state index is 3.92. The molecule has 0 aliphatic heterocycles. The Morgan fingerprint density at radius 3 is 2.35 bits per heavy atom. The lowest BCUT2D eigenvalue weighted by atomic mass is 9.97. The summed E-state index contributed by atoms with van der Waals surface area (Å²) >= 11 is 0. The van der Waals surface area contributed by atoms with Crippen molar-refractivity contribution in [2.24, 2.45) is 17.3 Å². The van der Waals surface area contributed by atoms with Gasteiger partial charge in [-0.1, -0.05) is 27.2 Å². The number of nitrogens with one attached hydrogen (secondary N) is 1. The predicted molar refractivity (Wildman–Crippen MR) is 75.2 cm³/mol. The summed E-state index contributed by atoms with van der Waals surface area (Å²) in [5.41, 5.74) is 0.722. The molecule has 0 aromatic carbocycles. The number of hydrogen-bond acceptors (Lipinski definition) is 1. The van der Waals surface area contributed by atoms with Crippen LogP contribution in [0.3, 0.4) is 0 Å². The van der Waals surface area contributed by atoms with Gasteiger partial charge in [0.2, 0.25) is 0 Å². The van der Waals surface area contributed by atoms with E-state index in [4.69, 9.17) is 0 Å². The lowest BCUT2D eigenvalue weighted by Gasteiger charge is -2.23. The molecule has 1 N–H and O–H groups in total. The van der Waals surface area contributed by atoms with Crippen LogP contribution in [0.15, 0.2) is 0 Å². The van der Waals surface area contributed by atoms with Gasteiger partial charge in [0.15, 0.2) is 0 Å². The highest BCUT2D eigenvalue weighted by atomic mass is 14.9. The molecule has 0 aromatic rings. The fraction of sp³-hybridized carbons (Fsp3) is 1.00. The van der Waals surface area contributed by atoms with Crippen LogP contribution in [-0.2, 0) is 0 Å². The second-order valence-corrected chi connectivity index (χ2v) is 7.05. The van der Waals surface area contributed by atoms with Crippen molar-refractivity contribution in [1.29, 1.82) is 0 Å². The lowest BCUT2D eigenvalue weighted by Crippen LogP contribution is -2.36. The second kappa shape index (κ2) is 5.73. The molecule has 2 aliphatic carbocycles. The first-order valence-corrected chi connectivity index (χ1v) is 7.88. The summed E-state index contributed by atoms with van der Waals surface area (Å²) in [4.78, 5) is 0. The van der Waals surface area contributed by atoms with Crippen molar-refractivity contribution < 1.29 is 0 Å². The molecule has 1 heteroatoms. The monoisotopic (exact) mass is 237 g/mol. The number of hydrogen-bond donors (Lipinski definition) is 1. The summed E-state index contributed by atoms with van der Waals surface area (Å²) in [6.07, 6.45) is 11.5. The van der Waals surface area contributed by atoms with Gasteiger partial charge in [0.1, 0.15) is 0 Å². The van der Waals surface area contributed by atoms with Gasteiger partial charge in [0.25, 0.3) is 0 Å². The van der Waals surface area contributed by atoms with Gasteiger partial charge in [-0.3, -0.25) is 0 Å². The summed E-state index contributed by atoms with van der Waals surface area (Å²) < 4.78 is 0. The first-order chi connectivity index (χ1) is 8.15. The Balaban J connectivity index is 1.70. The van der Waals surface area contributed by atoms with E-state index in [1.807, 2.05) is 0 Å². The predicted octanol–water partition coefficient (Wildman–Crippen LogP) is 4.37. The first kappa shape index (κ1) is 13.4. The molecule has 1 unspecified atom stereocenters. The zero-order chi connectivity index (χ0) is 12.3. The van der Waals surface area contributed by atoms with Crippen LogP contribution in [0, 0.1) is 17.3 Å². The minimum absolute atomic E-state index is 0.722. The highest BCUT2D eigenvalue weighted by molar-refractivity contribution is 4.96. The Kier molecular flexibility index (Phi) is 4.52. The van der Waals surface area contributed by atoms with E-state index in [0.717, 1.165) is 23.3 Å². The first-order valence-electron chi connectivity index (χ1n) is 7.88. The van der Waals surface area contributed by atoms with Crippen LogP contribution in [0.2, 0.25) is 0 Å². The number of rotatable bonds is 9. The van der Waals surface area contributed by atoms with Crippen LogP contribution in [-0.4, -0.2) is 12.6 Å². The smallest absolute Gasteiger partial charge is 0.00956 e. The highest BCUT2D eigenvalue weighted by Gasteiger charge is 2.42. The third-order valence-corrected chi connectivity index (χ3v) is 4.72. The average molecular weight is 237 g/mol. The maximum Gasteiger partial charge on any atom is 0.00956 e. The molecule has 2 rings (SSSR count). The Labute approximate surface area is 108 Å². The average Bonchev–Trinajstić information content (AvgIpc) is 3.12. The van der Waals surface area contributed by atoms with Crippen LogP contribution < -0.4 is 5.32 Å². The summed E-state index contributed by atoms with van der Waals surface area (Å²) in [6.45, 7) is 8.34. The van der Waals surface area contributed by atoms with Gasteiger partial charge in [0.05, 0.1) is 0 Å². The van der Waals surface area contributed by atoms with Crippen molar-refractivity contribution in [3.05, 3.63) is 0 Å². The van der Waals surface area contributed by atoms with E-state index in [1.54, 1.807) is 0 Å². The zero-order valence-corrected chi connectivity index (χ0v) is 12.1. The van der Waals surface area contributed by atoms with Crippen molar-refractivity contribution in [3.63, 3.8) is 0 Å². The molecule has 2 fully saturated rings. The molecule has 100 valence electrons. The van der Waals surface area contributed by atoms with Gasteiger partial charge in [0, 0.05) is 12.6 Å². The molecule has 2 saturated carbocycles. The minimum atomic E-state index is 0.722. The third-order valence-electron chi connectivity index (χ3n) is 4.72. The van der Waals surface area contributed by atoms with Gasteiger partial charge in [-0.15, -0.1) is 0 Å². The van der Waals surface area contributed by atoms with E-state index < -0.39 is 0 Å². The Hall–Kier alpha value is -0.0400. The van der Waals surface area contributed by atoms with E-state index in [0.29, 0.717) is 0 Å². The largest absolute Gasteiger partial charge is 0.313 e. The maximum absolute atomic E-state index is 3.92. The van der Waals surface area contributed by atoms with Crippen molar-refractivity contribution in [2.45, 2.75) is 78.2 Å². The molecule has 0 amide bonds. The van der Waals surface area contributed by atoms with Crippen molar-refractivity contribution >= 4 is 0 Å². The van der Waals surface area contributed by atoms with E-state index in [9.17, 15) is 0 Å². The molecule has 0 saturated heterocycles. The van der Waals surface area contributed by atoms with Crippen LogP contribution >= 0.6 is 0 Å². The van der Waals surface area contributed by atoms with Crippen molar-refractivity contribution in [2.75, 3.05) is 6.54 Å². The molecule has 1 nitrogen and oxygen atoms in total. The van der Waals surface area contributed by atoms with Crippen LogP contribution in [0.1, 0.15) is 72.1 Å². The normalized spacial score (nSPS) is 24.0. The fourth-order valence-electron chi connectivity index (χ4n) is 3.09. The quantitative estimate of drug-likeness (QED) is 0.628. The fourth-order valence-corrected chi connectivity index (χ4v) is 3.09. The van der Waals surface area contributed by atoms with Gasteiger partial charge in [-0.2, -0.15) is 0 Å². The van der Waals surface area contributed by atoms with E-state index in [2.05, 4.69) is 26.1 Å². The molecular formula is C16H31N. The summed E-state index contributed by atoms with van der Waals surface area (Å²) in [6, 6.07) is 0.840. The molecule has 0 spiro atoms. The molecule has 17 heavy (non-hydrogen) atoms. The standard InChI is InChI=1S/C16H31N/c1-4-9-16(10-11-16)12-17-15(14-6-7-14)8-5-13(2)3/h13-15,17H,4-12H2,1-3H3. The highest BCUT2D eigenvalue weighted by Crippen LogP contribution is 2.49. The van der Waals surface area contributed by atoms with Crippen LogP contribution in [0.4, 0.5) is 0 Å². The molecule has 1 atom stereocenters. The Morgan fingerprint density at radius 2 is 1.88 bits per heavy atom. The van der Waals surface area contributed by atoms with E-state index >= 15 is 0 Å². The van der Waals surface area contributed by atoms with Crippen LogP contribution in [0.5, 0.6) is 0 Å². The Morgan fingerprint density at radius 1 is 1.18 bits per heavy atom. The second-order valence-electron chi connectivity index (χ2n) is 7.05. The van der Waals surface area contributed by atoms with E-state index in [-0.39, 0.29) is 0 Å². The molecule has 2 aliphatic rings. The van der Waals surface area contributed by atoms with Gasteiger partial charge < -0.3 is 5.32 Å². The van der Waals surface area contributed by atoms with Crippen LogP contribution in [0.25, 0.3) is 0 Å². The minimum Gasteiger partial charge on any atom is -0.313 e. The third kappa shape index (κ3) is 4.28. The lowest BCUT2D eigenvalue weighted by molar-refractivity contribution is 0.340. The van der Waals surface area contributed by atoms with E-state index in [1.165, 1.54) is 57.9 Å². The Bertz CT molecular complexity index is 226. The van der Waals surface area contributed by atoms with Crippen molar-refractivity contribution in [3.8, 4) is 0 Å². The summed E-state index contributed by atoms with van der Waals surface area (Å²) in [5, 5.41) is 3.92. The zero-order valence-electron chi connectivity index (χ0n) is 12.1. The summed E-state index contributed by atoms with van der Waals surface area (Å²) in [5.74, 6) is 1.88. The van der Waals surface area contributed by atoms with Gasteiger partial charge in [-0.05, 0) is 62.2 Å². The summed E-state index contributed by atoms with van der Waals surface area (Å²) in [7, 11) is 0. The SMILES string of the molecule is CCCC1(CNC(CCC(C)C)C2CC2)CC1. The van der Waals surface area contributed by atoms with Crippen molar-refractivity contribution in [1.82, 2.24) is 5.32 Å². The van der Waals surface area contributed by atoms with Gasteiger partial charge in [-0.25, -0.2) is 0 Å². The van der Waals surface area contributed by atoms with Gasteiger partial charge >= 0.3 is 0 Å². The molecule has 0 radical (unpaired) electrons. The molecule has 0 bridgehead atoms. The molecule has 0 aromatic heterocycles. The molecular weight excluding hydrogens is 206 g/mol.